The lowest BCUT2D eigenvalue weighted by Crippen LogP contribution is -2.46. The minimum atomic E-state index is -0.0657. The first-order valence-electron chi connectivity index (χ1n) is 8.04. The van der Waals surface area contributed by atoms with Gasteiger partial charge in [0.15, 0.2) is 0 Å². The summed E-state index contributed by atoms with van der Waals surface area (Å²) in [7, 11) is 0. The van der Waals surface area contributed by atoms with E-state index in [4.69, 9.17) is 0 Å². The first-order chi connectivity index (χ1) is 8.61. The molecule has 18 heavy (non-hydrogen) atoms. The van der Waals surface area contributed by atoms with E-state index in [-0.39, 0.29) is 6.10 Å². The molecule has 0 aromatic heterocycles. The zero-order valence-electron chi connectivity index (χ0n) is 12.4. The fourth-order valence-electron chi connectivity index (χ4n) is 3.94. The molecular formula is C16H31NO. The number of aliphatic hydroxyl groups is 1. The SMILES string of the molecule is CCCC1CCC(O)C(N2CCC(C(C)C)C2)C1. The van der Waals surface area contributed by atoms with E-state index < -0.39 is 0 Å². The van der Waals surface area contributed by atoms with Crippen molar-refractivity contribution in [1.29, 1.82) is 0 Å². The van der Waals surface area contributed by atoms with E-state index in [0.29, 0.717) is 6.04 Å². The largest absolute Gasteiger partial charge is 0.391 e. The summed E-state index contributed by atoms with van der Waals surface area (Å²) >= 11 is 0. The highest BCUT2D eigenvalue weighted by atomic mass is 16.3. The van der Waals surface area contributed by atoms with E-state index in [0.717, 1.165) is 24.2 Å². The second-order valence-corrected chi connectivity index (χ2v) is 6.89. The van der Waals surface area contributed by atoms with Crippen LogP contribution in [0.1, 0.15) is 59.3 Å². The first kappa shape index (κ1) is 14.3. The maximum atomic E-state index is 10.3. The molecule has 0 radical (unpaired) electrons. The summed E-state index contributed by atoms with van der Waals surface area (Å²) in [5, 5.41) is 10.3. The number of hydrogen-bond donors (Lipinski definition) is 1. The van der Waals surface area contributed by atoms with Gasteiger partial charge in [0.1, 0.15) is 0 Å². The number of aliphatic hydroxyl groups excluding tert-OH is 1. The van der Waals surface area contributed by atoms with Crippen molar-refractivity contribution >= 4 is 0 Å². The third-order valence-corrected chi connectivity index (χ3v) is 5.25. The van der Waals surface area contributed by atoms with Gasteiger partial charge in [0.25, 0.3) is 0 Å². The molecule has 1 aliphatic heterocycles. The van der Waals surface area contributed by atoms with E-state index in [2.05, 4.69) is 25.7 Å². The van der Waals surface area contributed by atoms with Crippen LogP contribution in [0.5, 0.6) is 0 Å². The predicted molar refractivity (Wildman–Crippen MR) is 76.6 cm³/mol. The smallest absolute Gasteiger partial charge is 0.0695 e. The summed E-state index contributed by atoms with van der Waals surface area (Å²) in [6, 6.07) is 0.457. The minimum Gasteiger partial charge on any atom is -0.391 e. The van der Waals surface area contributed by atoms with Gasteiger partial charge in [0.2, 0.25) is 0 Å². The van der Waals surface area contributed by atoms with Crippen molar-refractivity contribution in [2.24, 2.45) is 17.8 Å². The van der Waals surface area contributed by atoms with Crippen LogP contribution in [0.25, 0.3) is 0 Å². The highest BCUT2D eigenvalue weighted by molar-refractivity contribution is 4.90. The lowest BCUT2D eigenvalue weighted by atomic mass is 9.81. The van der Waals surface area contributed by atoms with Gasteiger partial charge in [-0.3, -0.25) is 4.90 Å². The Bertz CT molecular complexity index is 253. The lowest BCUT2D eigenvalue weighted by molar-refractivity contribution is 0.00943. The predicted octanol–water partition coefficient (Wildman–Crippen LogP) is 3.29. The topological polar surface area (TPSA) is 23.5 Å². The molecule has 2 nitrogen and oxygen atoms in total. The highest BCUT2D eigenvalue weighted by Crippen LogP contribution is 2.34. The van der Waals surface area contributed by atoms with Crippen molar-refractivity contribution in [3.05, 3.63) is 0 Å². The standard InChI is InChI=1S/C16H31NO/c1-4-5-13-6-7-16(18)15(10-13)17-9-8-14(11-17)12(2)3/h12-16,18H,4-11H2,1-3H3. The van der Waals surface area contributed by atoms with Crippen LogP contribution >= 0.6 is 0 Å². The zero-order chi connectivity index (χ0) is 13.1. The fraction of sp³-hybridized carbons (Fsp3) is 1.00. The molecule has 4 atom stereocenters. The first-order valence-corrected chi connectivity index (χ1v) is 8.04. The summed E-state index contributed by atoms with van der Waals surface area (Å²) in [6.07, 6.45) is 7.42. The number of likely N-dealkylation sites (tertiary alicyclic amines) is 1. The molecule has 2 heteroatoms. The molecule has 2 aliphatic rings. The highest BCUT2D eigenvalue weighted by Gasteiger charge is 2.36. The van der Waals surface area contributed by atoms with Gasteiger partial charge in [-0.15, -0.1) is 0 Å². The average Bonchev–Trinajstić information content (AvgIpc) is 2.81. The summed E-state index contributed by atoms with van der Waals surface area (Å²) < 4.78 is 0. The van der Waals surface area contributed by atoms with E-state index >= 15 is 0 Å². The van der Waals surface area contributed by atoms with Gasteiger partial charge in [-0.2, -0.15) is 0 Å². The van der Waals surface area contributed by atoms with Gasteiger partial charge in [-0.1, -0.05) is 33.6 Å². The van der Waals surface area contributed by atoms with Crippen LogP contribution in [0.15, 0.2) is 0 Å². The molecule has 4 unspecified atom stereocenters. The van der Waals surface area contributed by atoms with Crippen LogP contribution in [0, 0.1) is 17.8 Å². The molecular weight excluding hydrogens is 222 g/mol. The van der Waals surface area contributed by atoms with Gasteiger partial charge in [0.05, 0.1) is 6.10 Å². The van der Waals surface area contributed by atoms with Crippen molar-refractivity contribution in [1.82, 2.24) is 4.90 Å². The van der Waals surface area contributed by atoms with Crippen molar-refractivity contribution in [2.45, 2.75) is 71.4 Å². The van der Waals surface area contributed by atoms with Crippen molar-refractivity contribution in [3.8, 4) is 0 Å². The monoisotopic (exact) mass is 253 g/mol. The molecule has 0 amide bonds. The average molecular weight is 253 g/mol. The molecule has 106 valence electrons. The van der Waals surface area contributed by atoms with Crippen molar-refractivity contribution < 1.29 is 5.11 Å². The number of hydrogen-bond acceptors (Lipinski definition) is 2. The summed E-state index contributed by atoms with van der Waals surface area (Å²) in [6.45, 7) is 9.39. The van der Waals surface area contributed by atoms with Crippen LogP contribution in [-0.2, 0) is 0 Å². The van der Waals surface area contributed by atoms with Crippen LogP contribution in [0.4, 0.5) is 0 Å². The van der Waals surface area contributed by atoms with Gasteiger partial charge >= 0.3 is 0 Å². The second kappa shape index (κ2) is 6.38. The van der Waals surface area contributed by atoms with E-state index in [1.807, 2.05) is 0 Å². The van der Waals surface area contributed by atoms with Gasteiger partial charge in [-0.05, 0) is 50.0 Å². The van der Waals surface area contributed by atoms with E-state index in [1.54, 1.807) is 0 Å². The minimum absolute atomic E-state index is 0.0657. The summed E-state index contributed by atoms with van der Waals surface area (Å²) in [5.41, 5.74) is 0. The zero-order valence-corrected chi connectivity index (χ0v) is 12.4. The lowest BCUT2D eigenvalue weighted by Gasteiger charge is -2.39. The summed E-state index contributed by atoms with van der Waals surface area (Å²) in [4.78, 5) is 2.59. The van der Waals surface area contributed by atoms with Gasteiger partial charge in [-0.25, -0.2) is 0 Å². The second-order valence-electron chi connectivity index (χ2n) is 6.89. The third kappa shape index (κ3) is 3.27. The molecule has 0 aromatic carbocycles. The maximum absolute atomic E-state index is 10.3. The van der Waals surface area contributed by atoms with Crippen molar-refractivity contribution in [2.75, 3.05) is 13.1 Å². The Morgan fingerprint density at radius 1 is 1.22 bits per heavy atom. The Morgan fingerprint density at radius 3 is 2.61 bits per heavy atom. The molecule has 1 saturated heterocycles. The quantitative estimate of drug-likeness (QED) is 0.831. The Balaban J connectivity index is 1.90. The molecule has 1 aliphatic carbocycles. The fourth-order valence-corrected chi connectivity index (χ4v) is 3.94. The van der Waals surface area contributed by atoms with Crippen LogP contribution in [0.2, 0.25) is 0 Å². The molecule has 1 saturated carbocycles. The summed E-state index contributed by atoms with van der Waals surface area (Å²) in [5.74, 6) is 2.51. The molecule has 2 fully saturated rings. The van der Waals surface area contributed by atoms with Crippen molar-refractivity contribution in [3.63, 3.8) is 0 Å². The van der Waals surface area contributed by atoms with Gasteiger partial charge in [0, 0.05) is 12.6 Å². The van der Waals surface area contributed by atoms with Crippen LogP contribution in [-0.4, -0.2) is 35.2 Å². The van der Waals surface area contributed by atoms with E-state index in [1.165, 1.54) is 45.2 Å². The van der Waals surface area contributed by atoms with E-state index in [9.17, 15) is 5.11 Å². The maximum Gasteiger partial charge on any atom is 0.0695 e. The third-order valence-electron chi connectivity index (χ3n) is 5.25. The number of rotatable bonds is 4. The normalized spacial score (nSPS) is 38.5. The van der Waals surface area contributed by atoms with Crippen LogP contribution in [0.3, 0.4) is 0 Å². The molecule has 2 rings (SSSR count). The Kier molecular flexibility index (Phi) is 5.08. The van der Waals surface area contributed by atoms with Crippen LogP contribution < -0.4 is 0 Å². The Morgan fingerprint density at radius 2 is 2.00 bits per heavy atom. The Labute approximate surface area is 113 Å². The van der Waals surface area contributed by atoms with Gasteiger partial charge < -0.3 is 5.11 Å². The number of nitrogens with zero attached hydrogens (tertiary/aromatic N) is 1. The molecule has 1 heterocycles. The molecule has 0 aromatic rings. The molecule has 1 N–H and O–H groups in total. The Hall–Kier alpha value is -0.0800. The molecule has 0 bridgehead atoms. The molecule has 0 spiro atoms.